The van der Waals surface area contributed by atoms with Crippen LogP contribution in [0.2, 0.25) is 0 Å². The van der Waals surface area contributed by atoms with E-state index in [0.717, 1.165) is 82.9 Å². The zero-order valence-electron chi connectivity index (χ0n) is 60.7. The van der Waals surface area contributed by atoms with Crippen molar-refractivity contribution >= 4 is 121 Å². The number of amides is 6. The molecule has 0 aliphatic carbocycles. The van der Waals surface area contributed by atoms with Crippen molar-refractivity contribution in [3.05, 3.63) is 112 Å². The Hall–Kier alpha value is -9.24. The number of methoxy groups -OCH3 is 1. The fraction of sp³-hybridized carbons (Fsp3) is 0.465. The minimum atomic E-state index is -1.87. The van der Waals surface area contributed by atoms with Crippen LogP contribution in [0.1, 0.15) is 125 Å². The van der Waals surface area contributed by atoms with E-state index in [9.17, 15) is 29.4 Å². The Labute approximate surface area is 653 Å². The summed E-state index contributed by atoms with van der Waals surface area (Å²) in [5.74, 6) is -6.63. The fourth-order valence-corrected chi connectivity index (χ4v) is 18.6. The average Bonchev–Trinajstić information content (AvgIpc) is 1.60. The second kappa shape index (κ2) is 32.8. The summed E-state index contributed by atoms with van der Waals surface area (Å²) in [6.45, 7) is 12.2. The maximum Gasteiger partial charge on any atom is 0.355 e. The number of ether oxygens (including phenoxy) is 9. The molecule has 0 spiro atoms. The molecular formula is C71H78N16O19S5. The second-order valence-corrected chi connectivity index (χ2v) is 31.8. The molecule has 6 amide bonds. The van der Waals surface area contributed by atoms with Crippen LogP contribution in [0.5, 0.6) is 5.75 Å². The molecule has 11 atom stereocenters. The van der Waals surface area contributed by atoms with E-state index in [4.69, 9.17) is 57.6 Å². The molecular weight excluding hydrogens is 1540 g/mol. The number of aromatic amines is 1. The minimum absolute atomic E-state index is 0.0116. The van der Waals surface area contributed by atoms with Gasteiger partial charge in [0.1, 0.15) is 125 Å². The van der Waals surface area contributed by atoms with Gasteiger partial charge in [0.25, 0.3) is 29.5 Å². The maximum atomic E-state index is 15.5. The molecule has 7 aliphatic heterocycles. The zero-order valence-corrected chi connectivity index (χ0v) is 64.8. The number of aromatic hydroxyl groups is 1. The highest BCUT2D eigenvalue weighted by atomic mass is 32.1. The van der Waals surface area contributed by atoms with Crippen LogP contribution in [0.4, 0.5) is 0 Å². The topological polar surface area (TPSA) is 435 Å². The summed E-state index contributed by atoms with van der Waals surface area (Å²) in [6.07, 6.45) is -8.29. The standard InChI is InChI=1S/C71H78N16O19S5/c1-32(88)48-61(94)83-49(33(2)98-6)65-79-44(31-109-65)60(93)84-53-54-55(105-46-23-71(4)56(34(3)104-46)85(5)68(106-71)62(95)73-11-13-87-16-20-100-21-17-87)70(97)102-24-35-8-7-9-38-47(35)37(25-101-54)51(74-38)69(96)103-26-39(75-58(91)42-30-111-67(53)80-42)64-76-40(27-108-64)50-36(63-77-43(29-107-63)59(92)82-48)22-45(89)52(81-50)66-78-41(28-110-66)57(90)72-10-12-86-14-18-99-19-15-86/h7-9,22,27-32,34,39,46,48,53-56,68,74,88-89H,10-21,23-26H2,1-6H3,(H,72,90)(H,73,95)(H,75,91)(H,82,92)(H,83,94)(H,84,93)/b49-33+/t32-,34+,39+,46+,48+,53+,54?,55+,56-,68?,71+/m1/s1. The number of esters is 2. The van der Waals surface area contributed by atoms with E-state index in [1.807, 2.05) is 6.92 Å². The number of aliphatic hydroxyl groups excluding tert-OH is 1. The molecule has 0 saturated carbocycles. The van der Waals surface area contributed by atoms with Crippen molar-refractivity contribution in [1.82, 2.24) is 81.5 Å². The lowest BCUT2D eigenvalue weighted by Gasteiger charge is -2.45. The van der Waals surface area contributed by atoms with Gasteiger partial charge in [-0.05, 0) is 52.4 Å². The number of carbonyl (C=O) groups is 8. The van der Waals surface area contributed by atoms with E-state index < -0.39 is 127 Å². The summed E-state index contributed by atoms with van der Waals surface area (Å²) < 4.78 is 56.4. The number of fused-ring (bicyclic) bond motifs is 16. The maximum absolute atomic E-state index is 15.5. The second-order valence-electron chi connectivity index (χ2n) is 27.5. The van der Waals surface area contributed by atoms with Gasteiger partial charge in [0.2, 0.25) is 5.91 Å². The summed E-state index contributed by atoms with van der Waals surface area (Å²) in [5.41, 5.74) is -0.576. The normalized spacial score (nSPS) is 25.9. The van der Waals surface area contributed by atoms with Gasteiger partial charge in [-0.25, -0.2) is 39.5 Å². The Balaban J connectivity index is 0.828. The van der Waals surface area contributed by atoms with Gasteiger partial charge in [0.15, 0.2) is 18.6 Å². The third-order valence-corrected chi connectivity index (χ3v) is 24.6. The molecule has 15 rings (SSSR count). The summed E-state index contributed by atoms with van der Waals surface area (Å²) in [5, 5.41) is 48.6. The number of thiazole rings is 5. The third kappa shape index (κ3) is 16.1. The molecule has 4 fully saturated rings. The Bertz CT molecular complexity index is 4930. The lowest BCUT2D eigenvalue weighted by Crippen LogP contribution is -2.59. The van der Waals surface area contributed by atoms with Crippen molar-refractivity contribution in [2.24, 2.45) is 0 Å². The van der Waals surface area contributed by atoms with E-state index in [1.54, 1.807) is 42.5 Å². The van der Waals surface area contributed by atoms with Gasteiger partial charge in [-0.2, -0.15) is 0 Å². The first-order chi connectivity index (χ1) is 53.6. The molecule has 40 heteroatoms. The van der Waals surface area contributed by atoms with Crippen LogP contribution < -0.4 is 31.9 Å². The van der Waals surface area contributed by atoms with Crippen LogP contribution in [0.25, 0.3) is 49.3 Å². The Morgan fingerprint density at radius 1 is 0.766 bits per heavy atom. The number of hydrogen-bond donors (Lipinski definition) is 9. The number of nitrogens with one attached hydrogen (secondary N) is 7. The van der Waals surface area contributed by atoms with E-state index >= 15 is 19.2 Å². The van der Waals surface area contributed by atoms with Crippen molar-refractivity contribution in [2.75, 3.05) is 99.5 Å². The van der Waals surface area contributed by atoms with E-state index in [1.165, 1.54) is 48.5 Å². The Morgan fingerprint density at radius 2 is 1.42 bits per heavy atom. The number of benzene rings is 1. The van der Waals surface area contributed by atoms with Gasteiger partial charge in [0, 0.05) is 108 Å². The molecule has 35 nitrogen and oxygen atoms in total. The van der Waals surface area contributed by atoms with Gasteiger partial charge < -0.3 is 89.7 Å². The van der Waals surface area contributed by atoms with Crippen LogP contribution in [0.15, 0.2) is 56.9 Å². The third-order valence-electron chi connectivity index (χ3n) is 20.1. The number of rotatable bonds is 13. The molecule has 2 unspecified atom stereocenters. The van der Waals surface area contributed by atoms with Gasteiger partial charge in [-0.1, -0.05) is 12.1 Å². The molecule has 0 radical (unpaired) electrons. The lowest BCUT2D eigenvalue weighted by atomic mass is 9.86. The number of morpholine rings is 2. The van der Waals surface area contributed by atoms with Crippen LogP contribution >= 0.6 is 56.7 Å². The summed E-state index contributed by atoms with van der Waals surface area (Å²) in [7, 11) is 3.10. The van der Waals surface area contributed by atoms with Crippen LogP contribution in [-0.2, 0) is 70.2 Å². The number of carbonyl (C=O) groups excluding carboxylic acids is 8. The number of allylic oxidation sites excluding steroid dienone is 1. The van der Waals surface area contributed by atoms with Gasteiger partial charge in [-0.15, -0.1) is 56.7 Å². The van der Waals surface area contributed by atoms with Crippen molar-refractivity contribution < 1.29 is 91.2 Å². The first-order valence-corrected chi connectivity index (χ1v) is 40.1. The van der Waals surface area contributed by atoms with Crippen molar-refractivity contribution in [1.29, 1.82) is 0 Å². The Kier molecular flexibility index (Phi) is 22.8. The molecule has 111 heavy (non-hydrogen) atoms. The molecule has 7 aromatic heterocycles. The number of cyclic esters (lactones) is 2. The highest BCUT2D eigenvalue weighted by Crippen LogP contribution is 2.45. The van der Waals surface area contributed by atoms with Gasteiger partial charge in [-0.3, -0.25) is 43.5 Å². The lowest BCUT2D eigenvalue weighted by molar-refractivity contribution is -0.269. The number of H-pyrrole nitrogens is 1. The molecule has 8 aromatic rings. The number of likely N-dealkylation sites (N-methyl/N-ethyl adjacent to an activating group) is 1. The monoisotopic (exact) mass is 1620 g/mol. The first kappa shape index (κ1) is 77.1. The van der Waals surface area contributed by atoms with Crippen LogP contribution in [-0.4, -0.2) is 261 Å². The van der Waals surface area contributed by atoms with E-state index in [2.05, 4.69) is 61.6 Å². The predicted octanol–water partition coefficient (Wildman–Crippen LogP) is 3.70. The molecule has 586 valence electrons. The zero-order chi connectivity index (χ0) is 77.5. The largest absolute Gasteiger partial charge is 0.506 e. The fourth-order valence-electron chi connectivity index (χ4n) is 14.5. The summed E-state index contributed by atoms with van der Waals surface area (Å²) in [6, 6.07) is 1.43. The van der Waals surface area contributed by atoms with Crippen LogP contribution in [0, 0.1) is 0 Å². The molecule has 4 saturated heterocycles. The highest BCUT2D eigenvalue weighted by molar-refractivity contribution is 7.14. The van der Waals surface area contributed by atoms with Crippen LogP contribution in [0.3, 0.4) is 0 Å². The first-order valence-electron chi connectivity index (χ1n) is 35.7. The van der Waals surface area contributed by atoms with Crippen molar-refractivity contribution in [3.8, 4) is 38.4 Å². The molecule has 12 bridgehead atoms. The molecule has 9 N–H and O–H groups in total. The smallest absolute Gasteiger partial charge is 0.355 e. The number of nitrogens with zero attached hydrogens (tertiary/aromatic N) is 9. The number of aliphatic hydroxyl groups is 1. The van der Waals surface area contributed by atoms with E-state index in [0.29, 0.717) is 69.1 Å². The Morgan fingerprint density at radius 3 is 2.16 bits per heavy atom. The molecule has 1 aromatic carbocycles. The number of aromatic nitrogens is 7. The number of pyridine rings is 1. The highest BCUT2D eigenvalue weighted by Gasteiger charge is 2.59. The SMILES string of the molecule is CO/C(C)=C1/NC(=O)[C@H]([C@@H](C)O)NC(=O)c2csc(n2)-c2cc(O)c(-c3nc(C(=O)NCCN4CCOCC4)cs3)nc2-c2csc(n2)[C@@H]2COC(=O)c3[nH]c4cccc5c4c3COC([C@H](O[C@H]3C[C@]4(C)OC(C(=O)NCCN6CCOCC6)N(C)[C@@H]4[C@H](C)O3)C(=O)OC5)[C@H](NC(=O)c3csc1n3)c1nc(cs1)C(=O)N2. The summed E-state index contributed by atoms with van der Waals surface area (Å²) in [4.78, 5) is 156. The minimum Gasteiger partial charge on any atom is -0.506 e. The van der Waals surface area contributed by atoms with E-state index in [-0.39, 0.29) is 112 Å². The molecule has 14 heterocycles. The van der Waals surface area contributed by atoms with Crippen molar-refractivity contribution in [3.63, 3.8) is 0 Å². The van der Waals surface area contributed by atoms with Crippen molar-refractivity contribution in [2.45, 2.75) is 114 Å². The van der Waals surface area contributed by atoms with Gasteiger partial charge >= 0.3 is 11.9 Å². The quantitative estimate of drug-likeness (QED) is 0.0587. The van der Waals surface area contributed by atoms with Gasteiger partial charge in [0.05, 0.1) is 64.0 Å². The molecule has 7 aliphatic rings. The predicted molar refractivity (Wildman–Crippen MR) is 400 cm³/mol. The average molecular weight is 1620 g/mol. The number of hydrogen-bond acceptors (Lipinski definition) is 33. The summed E-state index contributed by atoms with van der Waals surface area (Å²) >= 11 is 4.86.